The van der Waals surface area contributed by atoms with Crippen molar-refractivity contribution < 1.29 is 14.3 Å². The largest absolute Gasteiger partial charge is 0.495 e. The van der Waals surface area contributed by atoms with E-state index in [9.17, 15) is 4.79 Å². The number of rotatable bonds is 8. The Labute approximate surface area is 223 Å². The summed E-state index contributed by atoms with van der Waals surface area (Å²) < 4.78 is 13.0. The standard InChI is InChI=1S/C28H33N5O3S/c1-35-18-25(34)30-22-17-20(13-14-24(22)36-2)33-27(26(31-28(33)37)21-11-6-7-15-29-21)23-12-8-16-32(23)19-9-4-3-5-10-19/h6-8,11-17,19,26-27H,3-5,9-10,18H2,1-2H3,(H,30,34)(H,31,37)/t26-,27-/m0/s1. The summed E-state index contributed by atoms with van der Waals surface area (Å²) in [5.41, 5.74) is 3.53. The van der Waals surface area contributed by atoms with Crippen LogP contribution in [0.2, 0.25) is 0 Å². The second-order valence-electron chi connectivity index (χ2n) is 9.49. The Morgan fingerprint density at radius 3 is 2.70 bits per heavy atom. The summed E-state index contributed by atoms with van der Waals surface area (Å²) >= 11 is 5.92. The first-order valence-corrected chi connectivity index (χ1v) is 13.2. The molecule has 8 nitrogen and oxygen atoms in total. The minimum atomic E-state index is -0.255. The predicted octanol–water partition coefficient (Wildman–Crippen LogP) is 5.16. The molecular formula is C28H33N5O3S. The molecule has 37 heavy (non-hydrogen) atoms. The lowest BCUT2D eigenvalue weighted by atomic mass is 9.94. The molecule has 3 heterocycles. The van der Waals surface area contributed by atoms with Crippen LogP contribution < -0.4 is 20.3 Å². The highest BCUT2D eigenvalue weighted by atomic mass is 32.1. The van der Waals surface area contributed by atoms with Gasteiger partial charge in [-0.05, 0) is 67.5 Å². The van der Waals surface area contributed by atoms with Gasteiger partial charge in [0.1, 0.15) is 18.4 Å². The molecule has 2 aliphatic rings. The third-order valence-electron chi connectivity index (χ3n) is 7.19. The maximum Gasteiger partial charge on any atom is 0.250 e. The molecule has 2 aromatic heterocycles. The number of amides is 1. The van der Waals surface area contributed by atoms with E-state index in [1.54, 1.807) is 7.11 Å². The molecule has 2 N–H and O–H groups in total. The highest BCUT2D eigenvalue weighted by Gasteiger charge is 2.42. The summed E-state index contributed by atoms with van der Waals surface area (Å²) in [6, 6.07) is 16.2. The van der Waals surface area contributed by atoms with Crippen LogP contribution in [0.5, 0.6) is 5.75 Å². The Balaban J connectivity index is 1.58. The normalized spacial score (nSPS) is 20.1. The topological polar surface area (TPSA) is 80.7 Å². The van der Waals surface area contributed by atoms with E-state index in [4.69, 9.17) is 21.7 Å². The molecule has 0 radical (unpaired) electrons. The summed E-state index contributed by atoms with van der Waals surface area (Å²) in [4.78, 5) is 19.1. The summed E-state index contributed by atoms with van der Waals surface area (Å²) in [5, 5.41) is 7.05. The van der Waals surface area contributed by atoms with Gasteiger partial charge in [0.15, 0.2) is 5.11 Å². The van der Waals surface area contributed by atoms with Gasteiger partial charge in [0.05, 0.1) is 24.5 Å². The lowest BCUT2D eigenvalue weighted by molar-refractivity contribution is -0.119. The number of aromatic nitrogens is 2. The summed E-state index contributed by atoms with van der Waals surface area (Å²) in [7, 11) is 3.07. The minimum absolute atomic E-state index is 0.0453. The SMILES string of the molecule is COCC(=O)Nc1cc(N2C(=S)N[C@@H](c3ccccn3)[C@@H]2c2cccn2C2CCCCC2)ccc1OC. The fraction of sp³-hybridized carbons (Fsp3) is 0.393. The van der Waals surface area contributed by atoms with Crippen LogP contribution in [0.1, 0.15) is 61.6 Å². The number of methoxy groups -OCH3 is 2. The van der Waals surface area contributed by atoms with Crippen LogP contribution in [0.25, 0.3) is 0 Å². The Hall–Kier alpha value is -3.43. The van der Waals surface area contributed by atoms with Crippen molar-refractivity contribution in [3.05, 3.63) is 72.3 Å². The lowest BCUT2D eigenvalue weighted by Crippen LogP contribution is -2.31. The Bertz CT molecular complexity index is 1240. The van der Waals surface area contributed by atoms with Gasteiger partial charge in [-0.2, -0.15) is 0 Å². The number of anilines is 2. The van der Waals surface area contributed by atoms with E-state index in [1.165, 1.54) is 44.9 Å². The van der Waals surface area contributed by atoms with E-state index in [0.29, 0.717) is 22.6 Å². The highest BCUT2D eigenvalue weighted by molar-refractivity contribution is 7.80. The van der Waals surface area contributed by atoms with Crippen molar-refractivity contribution in [2.45, 2.75) is 50.2 Å². The van der Waals surface area contributed by atoms with Crippen molar-refractivity contribution >= 4 is 34.6 Å². The number of hydrogen-bond donors (Lipinski definition) is 2. The third kappa shape index (κ3) is 5.19. The van der Waals surface area contributed by atoms with Gasteiger partial charge in [-0.1, -0.05) is 25.3 Å². The molecule has 0 spiro atoms. The average molecular weight is 520 g/mol. The van der Waals surface area contributed by atoms with Gasteiger partial charge in [-0.25, -0.2) is 0 Å². The first-order valence-electron chi connectivity index (χ1n) is 12.7. The summed E-state index contributed by atoms with van der Waals surface area (Å²) in [6.07, 6.45) is 10.2. The lowest BCUT2D eigenvalue weighted by Gasteiger charge is -2.32. The van der Waals surface area contributed by atoms with E-state index in [1.807, 2.05) is 42.6 Å². The molecule has 3 aromatic rings. The van der Waals surface area contributed by atoms with Crippen LogP contribution in [-0.2, 0) is 9.53 Å². The number of nitrogens with zero attached hydrogens (tertiary/aromatic N) is 3. The minimum Gasteiger partial charge on any atom is -0.495 e. The number of ether oxygens (including phenoxy) is 2. The molecule has 0 unspecified atom stereocenters. The van der Waals surface area contributed by atoms with E-state index < -0.39 is 0 Å². The Morgan fingerprint density at radius 1 is 1.14 bits per heavy atom. The number of carbonyl (C=O) groups is 1. The van der Waals surface area contributed by atoms with Gasteiger partial charge in [0, 0.05) is 36.9 Å². The molecule has 9 heteroatoms. The molecule has 0 bridgehead atoms. The Morgan fingerprint density at radius 2 is 1.97 bits per heavy atom. The van der Waals surface area contributed by atoms with E-state index in [2.05, 4.69) is 43.4 Å². The van der Waals surface area contributed by atoms with Crippen molar-refractivity contribution in [2.24, 2.45) is 0 Å². The maximum atomic E-state index is 12.3. The molecule has 5 rings (SSSR count). The van der Waals surface area contributed by atoms with Crippen molar-refractivity contribution in [1.82, 2.24) is 14.9 Å². The fourth-order valence-corrected chi connectivity index (χ4v) is 5.89. The highest BCUT2D eigenvalue weighted by Crippen LogP contribution is 2.44. The zero-order valence-electron chi connectivity index (χ0n) is 21.2. The smallest absolute Gasteiger partial charge is 0.250 e. The molecule has 2 atom stereocenters. The van der Waals surface area contributed by atoms with Gasteiger partial charge in [0.25, 0.3) is 0 Å². The van der Waals surface area contributed by atoms with Gasteiger partial charge < -0.3 is 29.6 Å². The van der Waals surface area contributed by atoms with Crippen LogP contribution in [0, 0.1) is 0 Å². The number of pyridine rings is 1. The molecular weight excluding hydrogens is 486 g/mol. The van der Waals surface area contributed by atoms with E-state index in [0.717, 1.165) is 11.4 Å². The predicted molar refractivity (Wildman–Crippen MR) is 148 cm³/mol. The monoisotopic (exact) mass is 519 g/mol. The zero-order chi connectivity index (χ0) is 25.8. The number of hydrogen-bond acceptors (Lipinski definition) is 5. The molecule has 194 valence electrons. The van der Waals surface area contributed by atoms with Crippen LogP contribution >= 0.6 is 12.2 Å². The van der Waals surface area contributed by atoms with Crippen LogP contribution in [-0.4, -0.2) is 41.4 Å². The van der Waals surface area contributed by atoms with Gasteiger partial charge >= 0.3 is 0 Å². The van der Waals surface area contributed by atoms with Crippen LogP contribution in [0.4, 0.5) is 11.4 Å². The van der Waals surface area contributed by atoms with Gasteiger partial charge in [-0.3, -0.25) is 9.78 Å². The second-order valence-corrected chi connectivity index (χ2v) is 9.88. The molecule has 1 aromatic carbocycles. The van der Waals surface area contributed by atoms with Crippen molar-refractivity contribution in [3.8, 4) is 5.75 Å². The molecule has 1 aliphatic heterocycles. The van der Waals surface area contributed by atoms with E-state index in [-0.39, 0.29) is 24.6 Å². The maximum absolute atomic E-state index is 12.3. The van der Waals surface area contributed by atoms with Crippen molar-refractivity contribution in [2.75, 3.05) is 31.0 Å². The van der Waals surface area contributed by atoms with Crippen molar-refractivity contribution in [1.29, 1.82) is 0 Å². The van der Waals surface area contributed by atoms with E-state index >= 15 is 0 Å². The quantitative estimate of drug-likeness (QED) is 0.398. The summed E-state index contributed by atoms with van der Waals surface area (Å²) in [5.74, 6) is 0.309. The second kappa shape index (κ2) is 11.3. The summed E-state index contributed by atoms with van der Waals surface area (Å²) in [6.45, 7) is -0.0453. The Kier molecular flexibility index (Phi) is 7.71. The molecule has 2 fully saturated rings. The van der Waals surface area contributed by atoms with Crippen LogP contribution in [0.15, 0.2) is 60.9 Å². The molecule has 1 saturated carbocycles. The third-order valence-corrected chi connectivity index (χ3v) is 7.51. The van der Waals surface area contributed by atoms with Crippen LogP contribution in [0.3, 0.4) is 0 Å². The van der Waals surface area contributed by atoms with Gasteiger partial charge in [-0.15, -0.1) is 0 Å². The molecule has 1 saturated heterocycles. The zero-order valence-corrected chi connectivity index (χ0v) is 22.0. The number of nitrogens with one attached hydrogen (secondary N) is 2. The molecule has 1 amide bonds. The van der Waals surface area contributed by atoms with Gasteiger partial charge in [0.2, 0.25) is 5.91 Å². The number of benzene rings is 1. The first kappa shape index (κ1) is 25.2. The number of thiocarbonyl (C=S) groups is 1. The first-order chi connectivity index (χ1) is 18.1. The number of carbonyl (C=O) groups excluding carboxylic acids is 1. The van der Waals surface area contributed by atoms with Crippen molar-refractivity contribution in [3.63, 3.8) is 0 Å². The molecule has 1 aliphatic carbocycles. The average Bonchev–Trinajstić information content (AvgIpc) is 3.54. The fourth-order valence-electron chi connectivity index (χ4n) is 5.54.